The molecule has 35 heavy (non-hydrogen) atoms. The van der Waals surface area contributed by atoms with Gasteiger partial charge in [-0.2, -0.15) is 0 Å². The zero-order chi connectivity index (χ0) is 24.9. The molecule has 9 heteroatoms. The minimum Gasteiger partial charge on any atom is -0.497 e. The summed E-state index contributed by atoms with van der Waals surface area (Å²) < 4.78 is 16.4. The van der Waals surface area contributed by atoms with Gasteiger partial charge in [-0.15, -0.1) is 0 Å². The molecule has 2 atom stereocenters. The van der Waals surface area contributed by atoms with Crippen molar-refractivity contribution in [1.82, 2.24) is 4.90 Å². The fourth-order valence-electron chi connectivity index (χ4n) is 4.20. The van der Waals surface area contributed by atoms with Crippen LogP contribution in [0.1, 0.15) is 30.4 Å². The van der Waals surface area contributed by atoms with Gasteiger partial charge in [0.1, 0.15) is 16.7 Å². The van der Waals surface area contributed by atoms with Crippen LogP contribution in [0.15, 0.2) is 41.4 Å². The van der Waals surface area contributed by atoms with Crippen LogP contribution in [0, 0.1) is 13.8 Å². The highest BCUT2D eigenvalue weighted by Gasteiger charge is 2.40. The first-order chi connectivity index (χ1) is 16.9. The SMILES string of the molecule is COc1ccc(OC)c(NC(=O)C[C@@H]2SC(=Nc3ccc(C)cc3C)N(C[C@H]3CCCO3)C2=O)c1. The topological polar surface area (TPSA) is 89.5 Å². The Kier molecular flexibility index (Phi) is 7.97. The van der Waals surface area contributed by atoms with Crippen LogP contribution < -0.4 is 14.8 Å². The van der Waals surface area contributed by atoms with Gasteiger partial charge in [-0.25, -0.2) is 4.99 Å². The molecule has 2 amide bonds. The number of benzene rings is 2. The van der Waals surface area contributed by atoms with Crippen LogP contribution in [0.25, 0.3) is 0 Å². The van der Waals surface area contributed by atoms with Crippen molar-refractivity contribution in [3.8, 4) is 11.5 Å². The molecule has 2 fully saturated rings. The minimum atomic E-state index is -0.572. The van der Waals surface area contributed by atoms with Crippen LogP contribution in [-0.4, -0.2) is 60.6 Å². The van der Waals surface area contributed by atoms with Crippen LogP contribution in [0.2, 0.25) is 0 Å². The van der Waals surface area contributed by atoms with E-state index in [0.29, 0.717) is 35.5 Å². The summed E-state index contributed by atoms with van der Waals surface area (Å²) >= 11 is 1.33. The van der Waals surface area contributed by atoms with Crippen LogP contribution in [0.4, 0.5) is 11.4 Å². The highest BCUT2D eigenvalue weighted by atomic mass is 32.2. The number of rotatable bonds is 8. The van der Waals surface area contributed by atoms with Gasteiger partial charge in [-0.3, -0.25) is 14.5 Å². The Balaban J connectivity index is 1.53. The quantitative estimate of drug-likeness (QED) is 0.579. The van der Waals surface area contributed by atoms with E-state index in [0.717, 1.165) is 29.7 Å². The van der Waals surface area contributed by atoms with E-state index in [1.165, 1.54) is 18.9 Å². The molecule has 186 valence electrons. The number of aryl methyl sites for hydroxylation is 2. The molecule has 2 aromatic rings. The smallest absolute Gasteiger partial charge is 0.242 e. The van der Waals surface area contributed by atoms with E-state index >= 15 is 0 Å². The molecule has 2 aliphatic rings. The molecule has 2 heterocycles. The van der Waals surface area contributed by atoms with Crippen LogP contribution in [-0.2, 0) is 14.3 Å². The van der Waals surface area contributed by atoms with Gasteiger partial charge in [0, 0.05) is 19.1 Å². The number of carbonyl (C=O) groups excluding carboxylic acids is 2. The van der Waals surface area contributed by atoms with Crippen molar-refractivity contribution in [3.63, 3.8) is 0 Å². The Morgan fingerprint density at radius 2 is 2.03 bits per heavy atom. The summed E-state index contributed by atoms with van der Waals surface area (Å²) in [5.74, 6) is 0.703. The summed E-state index contributed by atoms with van der Waals surface area (Å²) in [5.41, 5.74) is 3.50. The Bertz CT molecular complexity index is 1130. The fraction of sp³-hybridized carbons (Fsp3) is 0.423. The van der Waals surface area contributed by atoms with Gasteiger partial charge >= 0.3 is 0 Å². The Morgan fingerprint density at radius 1 is 1.20 bits per heavy atom. The van der Waals surface area contributed by atoms with E-state index < -0.39 is 5.25 Å². The third-order valence-corrected chi connectivity index (χ3v) is 7.23. The average molecular weight is 498 g/mol. The van der Waals surface area contributed by atoms with Gasteiger partial charge in [0.25, 0.3) is 0 Å². The summed E-state index contributed by atoms with van der Waals surface area (Å²) in [5, 5.41) is 2.89. The van der Waals surface area contributed by atoms with Crippen molar-refractivity contribution in [1.29, 1.82) is 0 Å². The number of carbonyl (C=O) groups is 2. The van der Waals surface area contributed by atoms with Crippen molar-refractivity contribution >= 4 is 40.1 Å². The number of methoxy groups -OCH3 is 2. The highest BCUT2D eigenvalue weighted by molar-refractivity contribution is 8.15. The number of anilines is 1. The molecule has 0 unspecified atom stereocenters. The predicted octanol–water partition coefficient (Wildman–Crippen LogP) is 4.46. The molecule has 2 aliphatic heterocycles. The maximum absolute atomic E-state index is 13.4. The number of nitrogens with zero attached hydrogens (tertiary/aromatic N) is 2. The lowest BCUT2D eigenvalue weighted by Crippen LogP contribution is -2.38. The second kappa shape index (κ2) is 11.1. The van der Waals surface area contributed by atoms with E-state index in [-0.39, 0.29) is 24.3 Å². The van der Waals surface area contributed by atoms with E-state index in [4.69, 9.17) is 19.2 Å². The van der Waals surface area contributed by atoms with Gasteiger partial charge in [0.2, 0.25) is 11.8 Å². The second-order valence-electron chi connectivity index (χ2n) is 8.69. The molecule has 0 bridgehead atoms. The van der Waals surface area contributed by atoms with E-state index in [9.17, 15) is 9.59 Å². The molecule has 0 spiro atoms. The maximum atomic E-state index is 13.4. The summed E-state index contributed by atoms with van der Waals surface area (Å²) in [7, 11) is 3.09. The lowest BCUT2D eigenvalue weighted by atomic mass is 10.1. The van der Waals surface area contributed by atoms with Crippen molar-refractivity contribution in [2.24, 2.45) is 4.99 Å². The monoisotopic (exact) mass is 497 g/mol. The second-order valence-corrected chi connectivity index (χ2v) is 9.86. The number of hydrogen-bond acceptors (Lipinski definition) is 7. The van der Waals surface area contributed by atoms with Gasteiger partial charge in [0.05, 0.1) is 38.2 Å². The third kappa shape index (κ3) is 5.97. The molecule has 0 radical (unpaired) electrons. The summed E-state index contributed by atoms with van der Waals surface area (Å²) in [4.78, 5) is 32.8. The first-order valence-electron chi connectivity index (χ1n) is 11.7. The zero-order valence-electron chi connectivity index (χ0n) is 20.5. The molecule has 2 aromatic carbocycles. The molecule has 0 aromatic heterocycles. The van der Waals surface area contributed by atoms with Crippen molar-refractivity contribution in [2.75, 3.05) is 32.7 Å². The van der Waals surface area contributed by atoms with Gasteiger partial charge in [0.15, 0.2) is 5.17 Å². The molecule has 0 saturated carbocycles. The Hall–Kier alpha value is -3.04. The summed E-state index contributed by atoms with van der Waals surface area (Å²) in [6, 6.07) is 11.2. The van der Waals surface area contributed by atoms with Crippen molar-refractivity contribution < 1.29 is 23.8 Å². The molecule has 2 saturated heterocycles. The largest absolute Gasteiger partial charge is 0.497 e. The molecular formula is C26H31N3O5S. The number of hydrogen-bond donors (Lipinski definition) is 1. The first kappa shape index (κ1) is 25.1. The third-order valence-electron chi connectivity index (χ3n) is 6.05. The Labute approximate surface area is 210 Å². The fourth-order valence-corrected chi connectivity index (χ4v) is 5.36. The summed E-state index contributed by atoms with van der Waals surface area (Å²) in [6.07, 6.45) is 1.89. The molecule has 0 aliphatic carbocycles. The lowest BCUT2D eigenvalue weighted by molar-refractivity contribution is -0.129. The maximum Gasteiger partial charge on any atom is 0.242 e. The zero-order valence-corrected chi connectivity index (χ0v) is 21.3. The van der Waals surface area contributed by atoms with Crippen LogP contribution in [0.5, 0.6) is 11.5 Å². The van der Waals surface area contributed by atoms with Crippen LogP contribution in [0.3, 0.4) is 0 Å². The van der Waals surface area contributed by atoms with Crippen molar-refractivity contribution in [2.45, 2.75) is 44.5 Å². The van der Waals surface area contributed by atoms with Gasteiger partial charge in [-0.05, 0) is 50.5 Å². The average Bonchev–Trinajstić information content (AvgIpc) is 3.45. The number of nitrogens with one attached hydrogen (secondary N) is 1. The number of amides is 2. The highest BCUT2D eigenvalue weighted by Crippen LogP contribution is 2.35. The Morgan fingerprint density at radius 3 is 2.71 bits per heavy atom. The van der Waals surface area contributed by atoms with Gasteiger partial charge in [-0.1, -0.05) is 29.5 Å². The number of ether oxygens (including phenoxy) is 3. The molecule has 1 N–H and O–H groups in total. The molecule has 4 rings (SSSR count). The van der Waals surface area contributed by atoms with E-state index in [1.807, 2.05) is 26.0 Å². The van der Waals surface area contributed by atoms with E-state index in [1.54, 1.807) is 30.2 Å². The van der Waals surface area contributed by atoms with Crippen LogP contribution >= 0.6 is 11.8 Å². The molecule has 8 nitrogen and oxygen atoms in total. The van der Waals surface area contributed by atoms with Crippen molar-refractivity contribution in [3.05, 3.63) is 47.5 Å². The standard InChI is InChI=1S/C26H31N3O5S/c1-16-7-9-20(17(2)12-16)28-26-29(15-19-6-5-11-34-19)25(31)23(35-26)14-24(30)27-21-13-18(32-3)8-10-22(21)33-4/h7-10,12-13,19,23H,5-6,11,14-15H2,1-4H3,(H,27,30)/t19-,23+/m1/s1. The lowest BCUT2D eigenvalue weighted by Gasteiger charge is -2.20. The number of aliphatic imine (C=N–C) groups is 1. The van der Waals surface area contributed by atoms with Gasteiger partial charge < -0.3 is 19.5 Å². The van der Waals surface area contributed by atoms with E-state index in [2.05, 4.69) is 11.4 Å². The minimum absolute atomic E-state index is 0.0117. The summed E-state index contributed by atoms with van der Waals surface area (Å²) in [6.45, 7) is 5.19. The molecular weight excluding hydrogens is 466 g/mol. The normalized spacial score (nSPS) is 21.0. The number of thioether (sulfide) groups is 1. The first-order valence-corrected chi connectivity index (χ1v) is 12.5. The number of amidine groups is 1. The predicted molar refractivity (Wildman–Crippen MR) is 138 cm³/mol.